The average molecular weight is 1670 g/mol. The van der Waals surface area contributed by atoms with Crippen molar-refractivity contribution in [3.05, 3.63) is 287 Å². The number of amidine groups is 8. The van der Waals surface area contributed by atoms with Gasteiger partial charge in [-0.1, -0.05) is 242 Å². The van der Waals surface area contributed by atoms with E-state index in [0.717, 1.165) is 6.07 Å². The lowest BCUT2D eigenvalue weighted by molar-refractivity contribution is 0.955. The molecule has 0 heterocycles. The number of aliphatic imine (C=N–C) groups is 9. The highest BCUT2D eigenvalue weighted by atomic mass is 15.2. The third-order valence-electron chi connectivity index (χ3n) is 11.6. The first-order valence-corrected chi connectivity index (χ1v) is 35.0. The van der Waals surface area contributed by atoms with Crippen molar-refractivity contribution in [3.63, 3.8) is 0 Å². The van der Waals surface area contributed by atoms with Crippen molar-refractivity contribution in [1.82, 2.24) is 37.2 Å². The second kappa shape index (κ2) is 66.6. The summed E-state index contributed by atoms with van der Waals surface area (Å²) in [5.41, 5.74) is 50.7. The van der Waals surface area contributed by atoms with Gasteiger partial charge in [-0.25, -0.2) is 4.99 Å². The van der Waals surface area contributed by atoms with Crippen LogP contribution in [-0.4, -0.2) is 147 Å². The molecule has 0 fully saturated rings. The largest absolute Gasteiger partial charge is 0.387 e. The van der Waals surface area contributed by atoms with Crippen LogP contribution in [0.3, 0.4) is 0 Å². The first kappa shape index (κ1) is 59.9. The summed E-state index contributed by atoms with van der Waals surface area (Å²) in [7, 11) is 0. The summed E-state index contributed by atoms with van der Waals surface area (Å²) in [6, 6.07) is 38.3. The Labute approximate surface area is 755 Å². The molecule has 0 aliphatic rings. The molecule has 0 spiro atoms. The van der Waals surface area contributed by atoms with Crippen LogP contribution in [0.1, 0.15) is 145 Å². The van der Waals surface area contributed by atoms with Crippen molar-refractivity contribution in [2.75, 3.05) is 52.2 Å². The summed E-state index contributed by atoms with van der Waals surface area (Å²) in [6.07, 6.45) is -11.9. The molecule has 9 atom stereocenters. The van der Waals surface area contributed by atoms with E-state index in [4.69, 9.17) is 135 Å². The average Bonchev–Trinajstić information content (AvgIpc) is 0.660. The minimum Gasteiger partial charge on any atom is -0.387 e. The van der Waals surface area contributed by atoms with E-state index in [0.29, 0.717) is 16.7 Å². The summed E-state index contributed by atoms with van der Waals surface area (Å²) < 4.78 is 255. The van der Waals surface area contributed by atoms with E-state index in [1.54, 1.807) is 72.8 Å². The van der Waals surface area contributed by atoms with Gasteiger partial charge in [0, 0.05) is 67.2 Å². The summed E-state index contributed by atoms with van der Waals surface area (Å²) in [6.45, 7) is 1.46. The zero-order valence-corrected chi connectivity index (χ0v) is 67.3. The van der Waals surface area contributed by atoms with Crippen molar-refractivity contribution in [2.45, 2.75) is 106 Å². The molecule has 32 nitrogen and oxygen atoms in total. The lowest BCUT2D eigenvalue weighted by Gasteiger charge is -2.02. The fraction of sp³-hybridized carbons (Fsp3) is 0.273. The maximum atomic E-state index is 7.93. The lowest BCUT2D eigenvalue weighted by atomic mass is 10.2. The van der Waals surface area contributed by atoms with Gasteiger partial charge in [0.15, 0.2) is 41.7 Å². The Balaban J connectivity index is 0.000000875. The Hall–Kier alpha value is -14.7. The zero-order valence-electron chi connectivity index (χ0n) is 100. The molecule has 8 aromatic rings. The molecular weight excluding hydrogens is 1510 g/mol. The monoisotopic (exact) mass is 1670 g/mol. The number of hydrogen-bond donors (Lipinski definition) is 23. The Morgan fingerprint density at radius 3 is 0.942 bits per heavy atom. The standard InChI is InChI=1S/8C11H16N4/c8*1-9(12)15-11(13)14-8-7-10-5-3-2-4-6-10/h8*2-6H,7-8H2,1H3,(H4,12,13,14,15)/i3D,4D,5D,6D,7D,8D;5D,6D,7D,8D;3D,4D,7D2,8D;3D,4D,7D,8D2;3D,4D,7D,8D;7D,8D2;5D,7D2;3D,7D2. The third-order valence-corrected chi connectivity index (χ3v) is 11.6. The van der Waals surface area contributed by atoms with E-state index in [1.807, 2.05) is 0 Å². The topological polar surface area (TPSA) is 597 Å². The van der Waals surface area contributed by atoms with Gasteiger partial charge in [-0.05, 0) is 151 Å². The molecule has 640 valence electrons. The number of rotatable bonds is 24. The van der Waals surface area contributed by atoms with Gasteiger partial charge in [0.2, 0.25) is 5.96 Å². The van der Waals surface area contributed by atoms with E-state index in [9.17, 15) is 0 Å². The lowest BCUT2D eigenvalue weighted by Crippen LogP contribution is -2.35. The van der Waals surface area contributed by atoms with Gasteiger partial charge in [-0.15, -0.1) is 0 Å². The quantitative estimate of drug-likeness (QED) is 0.0198. The van der Waals surface area contributed by atoms with Crippen molar-refractivity contribution in [1.29, 1.82) is 37.9 Å². The van der Waals surface area contributed by atoms with Crippen LogP contribution in [-0.2, 0) is 51.1 Å². The van der Waals surface area contributed by atoms with E-state index >= 15 is 0 Å². The first-order chi connectivity index (χ1) is 70.5. The van der Waals surface area contributed by atoms with E-state index in [1.165, 1.54) is 134 Å². The van der Waals surface area contributed by atoms with Gasteiger partial charge < -0.3 is 88.8 Å². The van der Waals surface area contributed by atoms with Crippen LogP contribution in [0.2, 0.25) is 0 Å². The molecule has 0 radical (unpaired) electrons. The van der Waals surface area contributed by atoms with Crippen molar-refractivity contribution < 1.29 is 45.2 Å². The van der Waals surface area contributed by atoms with Crippen LogP contribution in [0.15, 0.2) is 287 Å². The van der Waals surface area contributed by atoms with Crippen LogP contribution < -0.4 is 88.8 Å². The molecule has 0 aromatic heterocycles. The van der Waals surface area contributed by atoms with E-state index in [-0.39, 0.29) is 220 Å². The molecule has 0 aliphatic heterocycles. The number of nitrogens with two attached hydrogens (primary N) is 9. The second-order valence-corrected chi connectivity index (χ2v) is 22.6. The minimum absolute atomic E-state index is 0.00480. The van der Waals surface area contributed by atoms with E-state index < -0.39 is 90.2 Å². The summed E-state index contributed by atoms with van der Waals surface area (Å²) in [4.78, 5) is 33.3. The van der Waals surface area contributed by atoms with Gasteiger partial charge in [-0.3, -0.25) is 77.8 Å². The molecule has 9 unspecified atom stereocenters. The molecule has 0 bridgehead atoms. The number of nitrogens with zero attached hydrogens (tertiary/aromatic N) is 9. The van der Waals surface area contributed by atoms with Gasteiger partial charge >= 0.3 is 0 Å². The number of hydrogen-bond acceptors (Lipinski definition) is 15. The van der Waals surface area contributed by atoms with Crippen molar-refractivity contribution in [2.24, 2.45) is 96.5 Å². The highest BCUT2D eigenvalue weighted by Crippen LogP contribution is 2.06. The molecule has 32 N–H and O–H groups in total. The first-order valence-electron chi connectivity index (χ1n) is 52.2. The SMILES string of the molecule is [2H]C(c1ccccc1)C([2H])([2H])N=C(N)N=C(C)N.[2H]c1cc([2H])c([2H])c(C([2H])C([2H])N=C(N)NC(C)=N)c1[2H].[2H]c1cc([2H])cc(C([2H])([2H])C([2H])N=C(N)NC(C)=N)c1.[2H]c1cc([2H])cc(C([2H])C([2H])([2H])N=C(N)NC(C)=N)c1.[2H]c1cc([2H])cc(C([2H])C([2H])N=C(N)NC(C)=N)c1.[2H]c1cccc(C([2H])([2H])CN=C(N)NC(C)=N)c1.[2H]c1cccc([2H])c1C([2H])C([2H])N=C(N)NC(C)=N.[2H]c1ccccc1C([2H])([2H])CN=C(N)NC(C)=N. The van der Waals surface area contributed by atoms with Gasteiger partial charge in [0.25, 0.3) is 0 Å². The Bertz CT molecular complexity index is 6200. The van der Waals surface area contributed by atoms with Gasteiger partial charge in [0.1, 0.15) is 0 Å². The minimum atomic E-state index is -2.34. The van der Waals surface area contributed by atoms with E-state index in [2.05, 4.69) is 82.1 Å². The fourth-order valence-electron chi connectivity index (χ4n) is 7.07. The van der Waals surface area contributed by atoms with Crippen LogP contribution >= 0.6 is 0 Å². The Kier molecular flexibility index (Phi) is 33.2. The predicted molar refractivity (Wildman–Crippen MR) is 506 cm³/mol. The summed E-state index contributed by atoms with van der Waals surface area (Å²) >= 11 is 0. The van der Waals surface area contributed by atoms with Gasteiger partial charge in [0.05, 0.1) is 76.8 Å². The van der Waals surface area contributed by atoms with Crippen molar-refractivity contribution in [3.8, 4) is 0 Å². The van der Waals surface area contributed by atoms with Crippen LogP contribution in [0.5, 0.6) is 0 Å². The highest BCUT2D eigenvalue weighted by Gasteiger charge is 2.01. The molecule has 8 aromatic carbocycles. The van der Waals surface area contributed by atoms with Gasteiger partial charge in [-0.2, -0.15) is 0 Å². The molecule has 8 rings (SSSR count). The fourth-order valence-corrected chi connectivity index (χ4v) is 7.07. The smallest absolute Gasteiger partial charge is 0.216 e. The van der Waals surface area contributed by atoms with Crippen molar-refractivity contribution >= 4 is 94.4 Å². The normalized spacial score (nSPS) is 18.3. The Morgan fingerprint density at radius 2 is 0.542 bits per heavy atom. The Morgan fingerprint density at radius 1 is 0.267 bits per heavy atom. The maximum absolute atomic E-state index is 7.93. The molecule has 0 aliphatic carbocycles. The molecule has 32 heteroatoms. The third kappa shape index (κ3) is 64.6. The number of guanidine groups is 8. The maximum Gasteiger partial charge on any atom is 0.216 e. The molecule has 120 heavy (non-hydrogen) atoms. The number of benzene rings is 8. The highest BCUT2D eigenvalue weighted by molar-refractivity contribution is 5.99. The van der Waals surface area contributed by atoms with Crippen LogP contribution in [0.4, 0.5) is 0 Å². The molecule has 0 amide bonds. The summed E-state index contributed by atoms with van der Waals surface area (Å²) in [5.74, 6) is -0.537. The molecule has 0 saturated heterocycles. The number of nitrogens with one attached hydrogen (secondary N) is 14. The van der Waals surface area contributed by atoms with Crippen LogP contribution in [0.25, 0.3) is 0 Å². The second-order valence-electron chi connectivity index (χ2n) is 22.6. The zero-order chi connectivity index (χ0) is 118. The predicted octanol–water partition coefficient (Wildman–Crippen LogP) is 8.83. The summed E-state index contributed by atoms with van der Waals surface area (Å²) in [5, 5.41) is 67.1. The number of aryl methyl sites for hydroxylation is 4. The molecule has 0 saturated carbocycles. The molecular formula is C88H128N32. The van der Waals surface area contributed by atoms with Crippen LogP contribution in [0, 0.1) is 37.9 Å².